The lowest BCUT2D eigenvalue weighted by Crippen LogP contribution is -2.35. The fourth-order valence-electron chi connectivity index (χ4n) is 5.54. The average Bonchev–Trinajstić information content (AvgIpc) is 3.50. The molecule has 8 nitrogen and oxygen atoms in total. The lowest BCUT2D eigenvalue weighted by molar-refractivity contribution is -0.132. The van der Waals surface area contributed by atoms with Crippen molar-refractivity contribution in [2.45, 2.75) is 57.6 Å². The number of benzene rings is 2. The van der Waals surface area contributed by atoms with Crippen LogP contribution in [0.4, 0.5) is 4.39 Å². The Labute approximate surface area is 236 Å². The summed E-state index contributed by atoms with van der Waals surface area (Å²) >= 11 is 5.91. The number of rotatable bonds is 8. The number of carbonyl (C=O) groups is 1. The van der Waals surface area contributed by atoms with Crippen LogP contribution in [0.5, 0.6) is 11.5 Å². The van der Waals surface area contributed by atoms with Crippen LogP contribution in [-0.2, 0) is 22.6 Å². The van der Waals surface area contributed by atoms with E-state index >= 15 is 0 Å². The zero-order valence-electron chi connectivity index (χ0n) is 22.2. The predicted octanol–water partition coefficient (Wildman–Crippen LogP) is 5.80. The van der Waals surface area contributed by atoms with E-state index in [4.69, 9.17) is 25.8 Å². The summed E-state index contributed by atoms with van der Waals surface area (Å²) in [5, 5.41) is 9.67. The first-order valence-corrected chi connectivity index (χ1v) is 13.9. The molecule has 3 aliphatic heterocycles. The standard InChI is InChI=1S/C30H31ClFN3O5/c1-18(29(36)37)13-21-15-33-27(35(21)16-22-9-12-38-22)17-34-10-7-19(8-11-34)23-3-2-4-26-28(23)40-30(39-26)24-6-5-20(31)14-25(24)32/h2-6,13-15,19,22,30H,7-12,16-17H2,1H3,(H,36,37)/b18-13+/t22-,30?/m0/s1. The molecule has 1 aromatic heterocycles. The van der Waals surface area contributed by atoms with E-state index in [9.17, 15) is 14.3 Å². The molecule has 3 aromatic rings. The van der Waals surface area contributed by atoms with E-state index in [0.717, 1.165) is 56.0 Å². The largest absolute Gasteiger partial charge is 0.478 e. The topological polar surface area (TPSA) is 86.0 Å². The molecule has 40 heavy (non-hydrogen) atoms. The van der Waals surface area contributed by atoms with Crippen LogP contribution in [0.3, 0.4) is 0 Å². The van der Waals surface area contributed by atoms with Gasteiger partial charge >= 0.3 is 5.97 Å². The highest BCUT2D eigenvalue weighted by atomic mass is 35.5. The van der Waals surface area contributed by atoms with Crippen LogP contribution in [0.1, 0.15) is 61.0 Å². The Morgan fingerprint density at radius 3 is 2.67 bits per heavy atom. The van der Waals surface area contributed by atoms with Crippen LogP contribution in [-0.4, -0.2) is 51.3 Å². The molecule has 2 aromatic carbocycles. The van der Waals surface area contributed by atoms with Gasteiger partial charge in [0.25, 0.3) is 6.29 Å². The Hall–Kier alpha value is -3.40. The summed E-state index contributed by atoms with van der Waals surface area (Å²) in [7, 11) is 0. The number of nitrogens with zero attached hydrogens (tertiary/aromatic N) is 3. The second kappa shape index (κ2) is 11.2. The number of ether oxygens (including phenoxy) is 3. The minimum atomic E-state index is -0.942. The third kappa shape index (κ3) is 5.46. The number of carboxylic acids is 1. The highest BCUT2D eigenvalue weighted by Gasteiger charge is 2.33. The zero-order chi connectivity index (χ0) is 27.8. The molecule has 210 valence electrons. The fraction of sp³-hybridized carbons (Fsp3) is 0.400. The summed E-state index contributed by atoms with van der Waals surface area (Å²) in [6.07, 6.45) is 5.54. The quantitative estimate of drug-likeness (QED) is 0.344. The number of hydrogen-bond donors (Lipinski definition) is 1. The van der Waals surface area contributed by atoms with Gasteiger partial charge in [0.15, 0.2) is 11.5 Å². The lowest BCUT2D eigenvalue weighted by Gasteiger charge is -2.33. The number of aromatic nitrogens is 2. The highest BCUT2D eigenvalue weighted by molar-refractivity contribution is 6.30. The van der Waals surface area contributed by atoms with Gasteiger partial charge in [-0.15, -0.1) is 0 Å². The first-order chi connectivity index (χ1) is 19.4. The second-order valence-electron chi connectivity index (χ2n) is 10.6. The average molecular weight is 568 g/mol. The summed E-state index contributed by atoms with van der Waals surface area (Å²) in [5.41, 5.74) is 2.45. The van der Waals surface area contributed by atoms with Gasteiger partial charge in [0, 0.05) is 22.8 Å². The maximum Gasteiger partial charge on any atom is 0.331 e. The molecule has 0 radical (unpaired) electrons. The van der Waals surface area contributed by atoms with Crippen molar-refractivity contribution >= 4 is 23.6 Å². The van der Waals surface area contributed by atoms with Crippen molar-refractivity contribution in [1.82, 2.24) is 14.5 Å². The van der Waals surface area contributed by atoms with Crippen molar-refractivity contribution in [2.24, 2.45) is 0 Å². The maximum absolute atomic E-state index is 14.5. The highest BCUT2D eigenvalue weighted by Crippen LogP contribution is 2.47. The molecule has 2 fully saturated rings. The molecule has 1 unspecified atom stereocenters. The van der Waals surface area contributed by atoms with E-state index in [-0.39, 0.29) is 17.6 Å². The van der Waals surface area contributed by atoms with Crippen molar-refractivity contribution in [1.29, 1.82) is 0 Å². The summed E-state index contributed by atoms with van der Waals surface area (Å²) in [4.78, 5) is 18.4. The summed E-state index contributed by atoms with van der Waals surface area (Å²) in [6.45, 7) is 5.42. The molecule has 1 N–H and O–H groups in total. The van der Waals surface area contributed by atoms with Crippen LogP contribution >= 0.6 is 11.6 Å². The van der Waals surface area contributed by atoms with Crippen molar-refractivity contribution < 1.29 is 28.5 Å². The monoisotopic (exact) mass is 567 g/mol. The number of fused-ring (bicyclic) bond motifs is 1. The van der Waals surface area contributed by atoms with Gasteiger partial charge in [0.05, 0.1) is 36.6 Å². The summed E-state index contributed by atoms with van der Waals surface area (Å²) in [5.74, 6) is 1.09. The maximum atomic E-state index is 14.5. The zero-order valence-corrected chi connectivity index (χ0v) is 22.9. The van der Waals surface area contributed by atoms with Crippen LogP contribution in [0.15, 0.2) is 48.2 Å². The SMILES string of the molecule is C/C(=C\c1cnc(CN2CCC(c3cccc4c3OC(c3ccc(Cl)cc3F)O4)CC2)n1C[C@@H]1CCO1)C(=O)O. The van der Waals surface area contributed by atoms with Crippen LogP contribution < -0.4 is 9.47 Å². The molecule has 3 aliphatic rings. The molecule has 0 spiro atoms. The van der Waals surface area contributed by atoms with E-state index in [1.54, 1.807) is 31.3 Å². The van der Waals surface area contributed by atoms with Gasteiger partial charge in [0.1, 0.15) is 11.6 Å². The molecule has 6 rings (SSSR count). The van der Waals surface area contributed by atoms with Gasteiger partial charge in [0.2, 0.25) is 0 Å². The number of carboxylic acid groups (broad SMARTS) is 1. The molecule has 4 heterocycles. The molecule has 0 saturated carbocycles. The third-order valence-corrected chi connectivity index (χ3v) is 8.16. The van der Waals surface area contributed by atoms with Gasteiger partial charge in [-0.05, 0) is 75.5 Å². The number of halogens is 2. The molecular formula is C30H31ClFN3O5. The Balaban J connectivity index is 1.13. The van der Waals surface area contributed by atoms with E-state index in [2.05, 4.69) is 20.5 Å². The predicted molar refractivity (Wildman–Crippen MR) is 147 cm³/mol. The second-order valence-corrected chi connectivity index (χ2v) is 11.0. The number of imidazole rings is 1. The van der Waals surface area contributed by atoms with Crippen molar-refractivity contribution in [3.63, 3.8) is 0 Å². The van der Waals surface area contributed by atoms with Crippen LogP contribution in [0, 0.1) is 5.82 Å². The van der Waals surface area contributed by atoms with Crippen LogP contribution in [0.2, 0.25) is 5.02 Å². The molecule has 2 atom stereocenters. The van der Waals surface area contributed by atoms with E-state index < -0.39 is 18.1 Å². The van der Waals surface area contributed by atoms with E-state index in [0.29, 0.717) is 35.2 Å². The normalized spacial score (nSPS) is 21.4. The lowest BCUT2D eigenvalue weighted by atomic mass is 9.88. The van der Waals surface area contributed by atoms with Crippen LogP contribution in [0.25, 0.3) is 6.08 Å². The number of likely N-dealkylation sites (tertiary alicyclic amines) is 1. The van der Waals surface area contributed by atoms with E-state index in [1.807, 2.05) is 12.1 Å². The van der Waals surface area contributed by atoms with Gasteiger partial charge < -0.3 is 23.9 Å². The first-order valence-electron chi connectivity index (χ1n) is 13.6. The molecule has 0 aliphatic carbocycles. The number of para-hydroxylation sites is 1. The molecule has 0 amide bonds. The van der Waals surface area contributed by atoms with Gasteiger partial charge in [-0.3, -0.25) is 4.90 Å². The molecule has 0 bridgehead atoms. The number of hydrogen-bond acceptors (Lipinski definition) is 6. The minimum Gasteiger partial charge on any atom is -0.478 e. The number of aliphatic carboxylic acids is 1. The minimum absolute atomic E-state index is 0.128. The third-order valence-electron chi connectivity index (χ3n) is 7.93. The fourth-order valence-corrected chi connectivity index (χ4v) is 5.70. The smallest absolute Gasteiger partial charge is 0.331 e. The Kier molecular flexibility index (Phi) is 7.53. The van der Waals surface area contributed by atoms with E-state index in [1.165, 1.54) is 6.07 Å². The van der Waals surface area contributed by atoms with Crippen molar-refractivity contribution in [2.75, 3.05) is 19.7 Å². The van der Waals surface area contributed by atoms with Crippen molar-refractivity contribution in [3.05, 3.63) is 81.7 Å². The van der Waals surface area contributed by atoms with Gasteiger partial charge in [-0.25, -0.2) is 14.2 Å². The van der Waals surface area contributed by atoms with Gasteiger partial charge in [-0.1, -0.05) is 23.7 Å². The first kappa shape index (κ1) is 26.8. The number of piperidine rings is 1. The Morgan fingerprint density at radius 1 is 1.18 bits per heavy atom. The summed E-state index contributed by atoms with van der Waals surface area (Å²) < 4.78 is 34.4. The molecular weight excluding hydrogens is 537 g/mol. The molecule has 2 saturated heterocycles. The van der Waals surface area contributed by atoms with Gasteiger partial charge in [-0.2, -0.15) is 0 Å². The van der Waals surface area contributed by atoms with Crippen molar-refractivity contribution in [3.8, 4) is 11.5 Å². The Bertz CT molecular complexity index is 1450. The summed E-state index contributed by atoms with van der Waals surface area (Å²) in [6, 6.07) is 10.4. The molecule has 10 heteroatoms. The Morgan fingerprint density at radius 2 is 1.98 bits per heavy atom.